The van der Waals surface area contributed by atoms with Crippen molar-refractivity contribution in [2.45, 2.75) is 42.2 Å². The highest BCUT2D eigenvalue weighted by molar-refractivity contribution is 7.89. The van der Waals surface area contributed by atoms with Gasteiger partial charge in [0.1, 0.15) is 17.4 Å². The molecule has 0 amide bonds. The summed E-state index contributed by atoms with van der Waals surface area (Å²) in [7, 11) is -4.05. The molecule has 5 nitrogen and oxygen atoms in total. The van der Waals surface area contributed by atoms with Gasteiger partial charge in [0.2, 0.25) is 10.0 Å². The molecule has 1 heterocycles. The van der Waals surface area contributed by atoms with Gasteiger partial charge in [-0.15, -0.1) is 13.2 Å². The summed E-state index contributed by atoms with van der Waals surface area (Å²) < 4.78 is 102. The van der Waals surface area contributed by atoms with E-state index in [0.29, 0.717) is 6.42 Å². The van der Waals surface area contributed by atoms with Crippen molar-refractivity contribution in [3.63, 3.8) is 0 Å². The summed E-state index contributed by atoms with van der Waals surface area (Å²) in [4.78, 5) is -0.214. The van der Waals surface area contributed by atoms with E-state index < -0.39 is 51.8 Å². The molecule has 2 unspecified atom stereocenters. The van der Waals surface area contributed by atoms with Crippen LogP contribution in [0.15, 0.2) is 77.7 Å². The number of sulfonamides is 1. The molecule has 1 N–H and O–H groups in total. The van der Waals surface area contributed by atoms with Gasteiger partial charge in [0.05, 0.1) is 11.0 Å². The summed E-state index contributed by atoms with van der Waals surface area (Å²) in [5, 5.41) is 0. The van der Waals surface area contributed by atoms with E-state index in [9.17, 15) is 30.4 Å². The quantitative estimate of drug-likeness (QED) is 0.411. The van der Waals surface area contributed by atoms with Crippen LogP contribution >= 0.6 is 0 Å². The molecule has 3 aromatic carbocycles. The minimum atomic E-state index is -4.89. The van der Waals surface area contributed by atoms with Crippen molar-refractivity contribution in [3.8, 4) is 5.75 Å². The first-order valence-electron chi connectivity index (χ1n) is 11.0. The SMILES string of the molecule is O=S(=O)(NC1CCOC(C(c2ccc(F)cc2)c2ccc(F)cc2)C1)c1ccc(OC(F)(F)F)cc1. The highest BCUT2D eigenvalue weighted by atomic mass is 32.2. The predicted octanol–water partition coefficient (Wildman–Crippen LogP) is 5.52. The fourth-order valence-electron chi connectivity index (χ4n) is 4.24. The van der Waals surface area contributed by atoms with Crippen LogP contribution < -0.4 is 9.46 Å². The minimum absolute atomic E-state index is 0.214. The summed E-state index contributed by atoms with van der Waals surface area (Å²) in [5.41, 5.74) is 1.44. The van der Waals surface area contributed by atoms with E-state index in [1.807, 2.05) is 0 Å². The highest BCUT2D eigenvalue weighted by Crippen LogP contribution is 2.35. The number of ether oxygens (including phenoxy) is 2. The van der Waals surface area contributed by atoms with Crippen LogP contribution in [0.2, 0.25) is 0 Å². The fourth-order valence-corrected chi connectivity index (χ4v) is 5.52. The number of benzene rings is 3. The second-order valence-corrected chi connectivity index (χ2v) is 10.1. The third-order valence-corrected chi connectivity index (χ3v) is 7.37. The Balaban J connectivity index is 1.53. The zero-order chi connectivity index (χ0) is 25.9. The second-order valence-electron chi connectivity index (χ2n) is 8.35. The lowest BCUT2D eigenvalue weighted by atomic mass is 9.82. The van der Waals surface area contributed by atoms with Crippen molar-refractivity contribution in [3.05, 3.63) is 95.6 Å². The van der Waals surface area contributed by atoms with Crippen LogP contribution in [0.5, 0.6) is 5.75 Å². The van der Waals surface area contributed by atoms with Crippen LogP contribution in [-0.4, -0.2) is 33.5 Å². The lowest BCUT2D eigenvalue weighted by molar-refractivity contribution is -0.274. The summed E-state index contributed by atoms with van der Waals surface area (Å²) in [5.74, 6) is -1.79. The predicted molar refractivity (Wildman–Crippen MR) is 121 cm³/mol. The van der Waals surface area contributed by atoms with Gasteiger partial charge in [0.25, 0.3) is 0 Å². The van der Waals surface area contributed by atoms with Gasteiger partial charge in [-0.25, -0.2) is 21.9 Å². The average molecular weight is 528 g/mol. The molecular weight excluding hydrogens is 505 g/mol. The van der Waals surface area contributed by atoms with Gasteiger partial charge in [0, 0.05) is 18.6 Å². The van der Waals surface area contributed by atoms with Crippen LogP contribution in [0.4, 0.5) is 22.0 Å². The normalized spacial score (nSPS) is 18.8. The third-order valence-electron chi connectivity index (χ3n) is 5.83. The van der Waals surface area contributed by atoms with Crippen molar-refractivity contribution in [1.29, 1.82) is 0 Å². The Morgan fingerprint density at radius 3 is 1.89 bits per heavy atom. The van der Waals surface area contributed by atoms with Gasteiger partial charge in [0.15, 0.2) is 0 Å². The first-order chi connectivity index (χ1) is 17.0. The standard InChI is InChI=1S/C25H22F5NO4S/c26-18-5-1-16(2-6-18)24(17-3-7-19(27)8-4-17)23-15-20(13-14-34-23)31-36(32,33)22-11-9-21(10-12-22)35-25(28,29)30/h1-12,20,23-24,31H,13-15H2. The Labute approximate surface area is 204 Å². The van der Waals surface area contributed by atoms with Crippen LogP contribution in [0.3, 0.4) is 0 Å². The van der Waals surface area contributed by atoms with E-state index in [1.54, 1.807) is 24.3 Å². The largest absolute Gasteiger partial charge is 0.573 e. The molecule has 1 aliphatic heterocycles. The molecule has 36 heavy (non-hydrogen) atoms. The lowest BCUT2D eigenvalue weighted by Crippen LogP contribution is -2.43. The minimum Gasteiger partial charge on any atom is -0.406 e. The number of alkyl halides is 3. The van der Waals surface area contributed by atoms with Crippen molar-refractivity contribution < 1.29 is 39.8 Å². The van der Waals surface area contributed by atoms with Gasteiger partial charge in [-0.2, -0.15) is 0 Å². The monoisotopic (exact) mass is 527 g/mol. The molecule has 1 saturated heterocycles. The van der Waals surface area contributed by atoms with Gasteiger partial charge in [-0.05, 0) is 72.5 Å². The van der Waals surface area contributed by atoms with E-state index in [-0.39, 0.29) is 17.9 Å². The molecule has 1 aliphatic rings. The van der Waals surface area contributed by atoms with Gasteiger partial charge in [-0.3, -0.25) is 0 Å². The topological polar surface area (TPSA) is 64.6 Å². The molecule has 0 bridgehead atoms. The third kappa shape index (κ3) is 6.59. The molecular formula is C25H22F5NO4S. The zero-order valence-electron chi connectivity index (χ0n) is 18.7. The molecule has 11 heteroatoms. The smallest absolute Gasteiger partial charge is 0.406 e. The van der Waals surface area contributed by atoms with Crippen LogP contribution in [0.1, 0.15) is 29.9 Å². The van der Waals surface area contributed by atoms with Crippen molar-refractivity contribution in [2.75, 3.05) is 6.61 Å². The van der Waals surface area contributed by atoms with Gasteiger partial charge < -0.3 is 9.47 Å². The van der Waals surface area contributed by atoms with Gasteiger partial charge in [-0.1, -0.05) is 24.3 Å². The lowest BCUT2D eigenvalue weighted by Gasteiger charge is -2.35. The molecule has 0 aromatic heterocycles. The number of nitrogens with one attached hydrogen (secondary N) is 1. The Morgan fingerprint density at radius 1 is 0.861 bits per heavy atom. The van der Waals surface area contributed by atoms with E-state index in [4.69, 9.17) is 4.74 Å². The number of rotatable bonds is 7. The second kappa shape index (κ2) is 10.5. The van der Waals surface area contributed by atoms with Crippen LogP contribution in [-0.2, 0) is 14.8 Å². The van der Waals surface area contributed by atoms with E-state index in [1.165, 1.54) is 24.3 Å². The molecule has 192 valence electrons. The molecule has 3 aromatic rings. The summed E-state index contributed by atoms with van der Waals surface area (Å²) in [6, 6.07) is 15.0. The average Bonchev–Trinajstić information content (AvgIpc) is 2.81. The van der Waals surface area contributed by atoms with Crippen LogP contribution in [0.25, 0.3) is 0 Å². The van der Waals surface area contributed by atoms with E-state index >= 15 is 0 Å². The number of hydrogen-bond donors (Lipinski definition) is 1. The summed E-state index contributed by atoms with van der Waals surface area (Å²) in [6.07, 6.45) is -4.77. The highest BCUT2D eigenvalue weighted by Gasteiger charge is 2.34. The Bertz CT molecular complexity index is 1220. The maximum Gasteiger partial charge on any atom is 0.573 e. The Morgan fingerprint density at radius 2 is 1.39 bits per heavy atom. The first kappa shape index (κ1) is 26.1. The fraction of sp³-hybridized carbons (Fsp3) is 0.280. The molecule has 0 saturated carbocycles. The molecule has 0 radical (unpaired) electrons. The zero-order valence-corrected chi connectivity index (χ0v) is 19.5. The molecule has 0 aliphatic carbocycles. The summed E-state index contributed by atoms with van der Waals surface area (Å²) in [6.45, 7) is 0.231. The molecule has 1 fully saturated rings. The van der Waals surface area contributed by atoms with Crippen molar-refractivity contribution in [1.82, 2.24) is 4.72 Å². The van der Waals surface area contributed by atoms with E-state index in [0.717, 1.165) is 35.4 Å². The van der Waals surface area contributed by atoms with Gasteiger partial charge >= 0.3 is 6.36 Å². The summed E-state index contributed by atoms with van der Waals surface area (Å²) >= 11 is 0. The first-order valence-corrected chi connectivity index (χ1v) is 12.5. The molecule has 2 atom stereocenters. The van der Waals surface area contributed by atoms with Crippen molar-refractivity contribution >= 4 is 10.0 Å². The van der Waals surface area contributed by atoms with Crippen LogP contribution in [0, 0.1) is 11.6 Å². The maximum atomic E-state index is 13.5. The number of halogens is 5. The maximum absolute atomic E-state index is 13.5. The van der Waals surface area contributed by atoms with Crippen molar-refractivity contribution in [2.24, 2.45) is 0 Å². The Hall–Kier alpha value is -3.02. The molecule has 4 rings (SSSR count). The number of hydrogen-bond acceptors (Lipinski definition) is 4. The molecule has 0 spiro atoms. The van der Waals surface area contributed by atoms with E-state index in [2.05, 4.69) is 9.46 Å². The Kier molecular flexibility index (Phi) is 7.62.